The minimum absolute atomic E-state index is 0.0139. The van der Waals surface area contributed by atoms with E-state index in [-0.39, 0.29) is 18.1 Å². The molecule has 0 saturated carbocycles. The molecule has 7 heteroatoms. The van der Waals surface area contributed by atoms with E-state index in [4.69, 9.17) is 15.2 Å². The van der Waals surface area contributed by atoms with E-state index in [1.165, 1.54) is 0 Å². The molecular formula is C15H29N3O4. The summed E-state index contributed by atoms with van der Waals surface area (Å²) in [6, 6.07) is -0.229. The maximum atomic E-state index is 12.1. The third kappa shape index (κ3) is 6.09. The fourth-order valence-corrected chi connectivity index (χ4v) is 2.21. The highest BCUT2D eigenvalue weighted by Gasteiger charge is 2.37. The Bertz CT molecular complexity index is 412. The van der Waals surface area contributed by atoms with Crippen molar-refractivity contribution in [3.63, 3.8) is 0 Å². The Kier molecular flexibility index (Phi) is 5.67. The van der Waals surface area contributed by atoms with Crippen molar-refractivity contribution in [2.75, 3.05) is 19.6 Å². The maximum Gasteiger partial charge on any atom is 0.410 e. The molecule has 1 aliphatic rings. The molecule has 3 N–H and O–H groups in total. The molecule has 128 valence electrons. The second kappa shape index (κ2) is 6.73. The Balaban J connectivity index is 2.62. The standard InChI is InChI=1S/C15H29N3O4/c1-14(2,3)21-12(19)17-11-9-18(8-10(11)7-16)13(20)22-15(4,5)6/h10-11H,7-9,16H2,1-6H3,(H,17,19)/t10-,11+/m0/s1. The molecule has 7 nitrogen and oxygen atoms in total. The van der Waals surface area contributed by atoms with Crippen molar-refractivity contribution in [3.8, 4) is 0 Å². The lowest BCUT2D eigenvalue weighted by molar-refractivity contribution is 0.0279. The zero-order valence-electron chi connectivity index (χ0n) is 14.4. The number of amides is 2. The van der Waals surface area contributed by atoms with Crippen molar-refractivity contribution in [2.24, 2.45) is 11.7 Å². The van der Waals surface area contributed by atoms with Crippen LogP contribution in [-0.4, -0.2) is 54.0 Å². The number of rotatable bonds is 2. The first-order valence-electron chi connectivity index (χ1n) is 7.59. The lowest BCUT2D eigenvalue weighted by Gasteiger charge is -2.25. The zero-order valence-corrected chi connectivity index (χ0v) is 14.4. The number of nitrogens with two attached hydrogens (primary N) is 1. The van der Waals surface area contributed by atoms with E-state index >= 15 is 0 Å². The first kappa shape index (κ1) is 18.5. The van der Waals surface area contributed by atoms with Gasteiger partial charge in [-0.2, -0.15) is 0 Å². The maximum absolute atomic E-state index is 12.1. The lowest BCUT2D eigenvalue weighted by Crippen LogP contribution is -2.45. The van der Waals surface area contributed by atoms with Crippen molar-refractivity contribution in [1.29, 1.82) is 0 Å². The van der Waals surface area contributed by atoms with Crippen LogP contribution in [0.15, 0.2) is 0 Å². The fourth-order valence-electron chi connectivity index (χ4n) is 2.21. The van der Waals surface area contributed by atoms with E-state index in [1.54, 1.807) is 25.7 Å². The molecule has 22 heavy (non-hydrogen) atoms. The molecule has 1 fully saturated rings. The van der Waals surface area contributed by atoms with Gasteiger partial charge in [0.1, 0.15) is 11.2 Å². The Morgan fingerprint density at radius 3 is 2.09 bits per heavy atom. The number of nitrogens with zero attached hydrogens (tertiary/aromatic N) is 1. The largest absolute Gasteiger partial charge is 0.444 e. The molecule has 0 bridgehead atoms. The van der Waals surface area contributed by atoms with Crippen molar-refractivity contribution >= 4 is 12.2 Å². The third-order valence-electron chi connectivity index (χ3n) is 3.10. The smallest absolute Gasteiger partial charge is 0.410 e. The van der Waals surface area contributed by atoms with Gasteiger partial charge in [0.05, 0.1) is 6.04 Å². The Hall–Kier alpha value is -1.50. The zero-order chi connectivity index (χ0) is 17.1. The van der Waals surface area contributed by atoms with Gasteiger partial charge in [-0.15, -0.1) is 0 Å². The number of ether oxygens (including phenoxy) is 2. The molecule has 1 rings (SSSR count). The van der Waals surface area contributed by atoms with Crippen LogP contribution in [0.3, 0.4) is 0 Å². The van der Waals surface area contributed by atoms with Gasteiger partial charge in [-0.05, 0) is 48.1 Å². The second-order valence-corrected chi connectivity index (χ2v) is 7.63. The summed E-state index contributed by atoms with van der Waals surface area (Å²) < 4.78 is 10.6. The van der Waals surface area contributed by atoms with Crippen LogP contribution in [0, 0.1) is 5.92 Å². The average molecular weight is 315 g/mol. The predicted molar refractivity (Wildman–Crippen MR) is 83.5 cm³/mol. The summed E-state index contributed by atoms with van der Waals surface area (Å²) in [5.74, 6) is -0.0139. The summed E-state index contributed by atoms with van der Waals surface area (Å²) in [5.41, 5.74) is 4.63. The topological polar surface area (TPSA) is 93.9 Å². The quantitative estimate of drug-likeness (QED) is 0.809. The minimum atomic E-state index is -0.564. The molecule has 0 aromatic carbocycles. The minimum Gasteiger partial charge on any atom is -0.444 e. The summed E-state index contributed by atoms with van der Waals surface area (Å²) in [6.07, 6.45) is -0.888. The summed E-state index contributed by atoms with van der Waals surface area (Å²) >= 11 is 0. The summed E-state index contributed by atoms with van der Waals surface area (Å²) in [5, 5.41) is 2.79. The normalized spacial score (nSPS) is 22.4. The van der Waals surface area contributed by atoms with Gasteiger partial charge in [0.2, 0.25) is 0 Å². The molecule has 0 aromatic heterocycles. The van der Waals surface area contributed by atoms with Gasteiger partial charge in [-0.25, -0.2) is 9.59 Å². The van der Waals surface area contributed by atoms with E-state index in [1.807, 2.05) is 20.8 Å². The molecule has 0 radical (unpaired) electrons. The monoisotopic (exact) mass is 315 g/mol. The number of likely N-dealkylation sites (tertiary alicyclic amines) is 1. The number of hydrogen-bond donors (Lipinski definition) is 2. The van der Waals surface area contributed by atoms with Crippen molar-refractivity contribution < 1.29 is 19.1 Å². The van der Waals surface area contributed by atoms with Gasteiger partial charge in [-0.3, -0.25) is 0 Å². The van der Waals surface area contributed by atoms with Gasteiger partial charge in [0, 0.05) is 19.0 Å². The number of carbonyl (C=O) groups is 2. The van der Waals surface area contributed by atoms with Gasteiger partial charge < -0.3 is 25.4 Å². The first-order valence-corrected chi connectivity index (χ1v) is 7.59. The van der Waals surface area contributed by atoms with Crippen LogP contribution in [0.5, 0.6) is 0 Å². The molecule has 0 aromatic rings. The highest BCUT2D eigenvalue weighted by Crippen LogP contribution is 2.20. The van der Waals surface area contributed by atoms with E-state index in [2.05, 4.69) is 5.32 Å². The van der Waals surface area contributed by atoms with Crippen LogP contribution in [0.4, 0.5) is 9.59 Å². The SMILES string of the molecule is CC(C)(C)OC(=O)N[C@@H]1CN(C(=O)OC(C)(C)C)C[C@@H]1CN. The molecular weight excluding hydrogens is 286 g/mol. The van der Waals surface area contributed by atoms with E-state index in [9.17, 15) is 9.59 Å². The van der Waals surface area contributed by atoms with Crippen LogP contribution in [0.25, 0.3) is 0 Å². The summed E-state index contributed by atoms with van der Waals surface area (Å²) in [4.78, 5) is 25.5. The number of alkyl carbamates (subject to hydrolysis) is 1. The Morgan fingerprint density at radius 2 is 1.64 bits per heavy atom. The van der Waals surface area contributed by atoms with Crippen LogP contribution < -0.4 is 11.1 Å². The van der Waals surface area contributed by atoms with Crippen LogP contribution in [-0.2, 0) is 9.47 Å². The van der Waals surface area contributed by atoms with Gasteiger partial charge in [0.25, 0.3) is 0 Å². The average Bonchev–Trinajstić information content (AvgIpc) is 2.67. The highest BCUT2D eigenvalue weighted by atomic mass is 16.6. The number of carbonyl (C=O) groups excluding carboxylic acids is 2. The fraction of sp³-hybridized carbons (Fsp3) is 0.867. The first-order chi connectivity index (χ1) is 9.91. The molecule has 2 atom stereocenters. The molecule has 1 heterocycles. The summed E-state index contributed by atoms with van der Waals surface area (Å²) in [7, 11) is 0. The Morgan fingerprint density at radius 1 is 1.09 bits per heavy atom. The number of nitrogens with one attached hydrogen (secondary N) is 1. The molecule has 0 unspecified atom stereocenters. The predicted octanol–water partition coefficient (Wildman–Crippen LogP) is 1.71. The van der Waals surface area contributed by atoms with Crippen LogP contribution >= 0.6 is 0 Å². The van der Waals surface area contributed by atoms with Gasteiger partial charge in [-0.1, -0.05) is 0 Å². The van der Waals surface area contributed by atoms with Gasteiger partial charge in [0.15, 0.2) is 0 Å². The van der Waals surface area contributed by atoms with Crippen molar-refractivity contribution in [2.45, 2.75) is 58.8 Å². The van der Waals surface area contributed by atoms with Gasteiger partial charge >= 0.3 is 12.2 Å². The third-order valence-corrected chi connectivity index (χ3v) is 3.10. The Labute approximate surface area is 132 Å². The van der Waals surface area contributed by atoms with Crippen LogP contribution in [0.2, 0.25) is 0 Å². The second-order valence-electron chi connectivity index (χ2n) is 7.63. The lowest BCUT2D eigenvalue weighted by atomic mass is 10.0. The molecule has 0 aliphatic carbocycles. The molecule has 0 spiro atoms. The molecule has 1 aliphatic heterocycles. The van der Waals surface area contributed by atoms with Crippen LogP contribution in [0.1, 0.15) is 41.5 Å². The summed E-state index contributed by atoms with van der Waals surface area (Å²) in [6.45, 7) is 12.1. The number of hydrogen-bond acceptors (Lipinski definition) is 5. The van der Waals surface area contributed by atoms with Crippen molar-refractivity contribution in [1.82, 2.24) is 10.2 Å². The highest BCUT2D eigenvalue weighted by molar-refractivity contribution is 5.70. The molecule has 2 amide bonds. The van der Waals surface area contributed by atoms with Crippen molar-refractivity contribution in [3.05, 3.63) is 0 Å². The van der Waals surface area contributed by atoms with E-state index < -0.39 is 17.3 Å². The van der Waals surface area contributed by atoms with E-state index in [0.29, 0.717) is 19.6 Å². The molecule has 1 saturated heterocycles. The van der Waals surface area contributed by atoms with E-state index in [0.717, 1.165) is 0 Å².